The van der Waals surface area contributed by atoms with Crippen LogP contribution in [0, 0.1) is 5.82 Å². The number of halogens is 1. The topological polar surface area (TPSA) is 95.0 Å². The van der Waals surface area contributed by atoms with Crippen LogP contribution in [0.1, 0.15) is 24.5 Å². The lowest BCUT2D eigenvalue weighted by molar-refractivity contribution is -0.135. The van der Waals surface area contributed by atoms with Crippen molar-refractivity contribution in [3.05, 3.63) is 54.4 Å². The summed E-state index contributed by atoms with van der Waals surface area (Å²) < 4.78 is 13.8. The minimum Gasteiger partial charge on any atom is -0.387 e. The summed E-state index contributed by atoms with van der Waals surface area (Å²) in [6.45, 7) is 0.674. The monoisotopic (exact) mass is 381 g/mol. The highest BCUT2D eigenvalue weighted by Gasteiger charge is 2.29. The van der Waals surface area contributed by atoms with Crippen molar-refractivity contribution >= 4 is 5.91 Å². The zero-order valence-corrected chi connectivity index (χ0v) is 15.2. The largest absolute Gasteiger partial charge is 0.387 e. The van der Waals surface area contributed by atoms with Gasteiger partial charge in [0, 0.05) is 42.0 Å². The molecule has 2 aromatic heterocycles. The molecule has 1 aliphatic heterocycles. The Labute approximate surface area is 161 Å². The molecule has 0 bridgehead atoms. The minimum atomic E-state index is -0.468. The first kappa shape index (κ1) is 18.2. The SMILES string of the molecule is O=C(CO)N1CCC(c2[nH]nc(-c3cccc(F)c3)c2-c2ccncn2)CC1. The zero-order chi connectivity index (χ0) is 19.5. The summed E-state index contributed by atoms with van der Waals surface area (Å²) in [5.74, 6) is -0.423. The number of aromatic nitrogens is 4. The van der Waals surface area contributed by atoms with Crippen molar-refractivity contribution in [3.63, 3.8) is 0 Å². The number of amides is 1. The van der Waals surface area contributed by atoms with E-state index in [0.29, 0.717) is 30.0 Å². The van der Waals surface area contributed by atoms with E-state index < -0.39 is 6.61 Å². The molecule has 7 nitrogen and oxygen atoms in total. The maximum atomic E-state index is 13.8. The average Bonchev–Trinajstić information content (AvgIpc) is 3.19. The van der Waals surface area contributed by atoms with E-state index in [0.717, 1.165) is 24.1 Å². The molecule has 1 aliphatic rings. The summed E-state index contributed by atoms with van der Waals surface area (Å²) in [6.07, 6.45) is 4.63. The van der Waals surface area contributed by atoms with Gasteiger partial charge in [-0.15, -0.1) is 0 Å². The standard InChI is InChI=1S/C20H20FN5O2/c21-15-3-1-2-14(10-15)20-18(16-4-7-22-12-23-16)19(24-25-20)13-5-8-26(9-6-13)17(28)11-27/h1-4,7,10,12-13,27H,5-6,8-9,11H2,(H,24,25). The number of aromatic amines is 1. The first-order valence-electron chi connectivity index (χ1n) is 9.16. The first-order chi connectivity index (χ1) is 13.7. The van der Waals surface area contributed by atoms with E-state index in [2.05, 4.69) is 20.2 Å². The molecular weight excluding hydrogens is 361 g/mol. The smallest absolute Gasteiger partial charge is 0.248 e. The molecule has 1 fully saturated rings. The Bertz CT molecular complexity index is 968. The molecule has 0 radical (unpaired) electrons. The fraction of sp³-hybridized carbons (Fsp3) is 0.300. The van der Waals surface area contributed by atoms with Crippen LogP contribution in [0.25, 0.3) is 22.5 Å². The van der Waals surface area contributed by atoms with Gasteiger partial charge in [0.1, 0.15) is 24.4 Å². The molecule has 0 unspecified atom stereocenters. The summed E-state index contributed by atoms with van der Waals surface area (Å²) in [7, 11) is 0. The van der Waals surface area contributed by atoms with E-state index in [9.17, 15) is 9.18 Å². The number of hydrogen-bond donors (Lipinski definition) is 2. The molecule has 0 saturated carbocycles. The van der Waals surface area contributed by atoms with E-state index in [-0.39, 0.29) is 17.6 Å². The van der Waals surface area contributed by atoms with E-state index in [1.165, 1.54) is 18.5 Å². The van der Waals surface area contributed by atoms with Crippen LogP contribution in [0.15, 0.2) is 42.9 Å². The maximum absolute atomic E-state index is 13.8. The van der Waals surface area contributed by atoms with Crippen molar-refractivity contribution < 1.29 is 14.3 Å². The van der Waals surface area contributed by atoms with Gasteiger partial charge in [-0.3, -0.25) is 9.89 Å². The summed E-state index contributed by atoms with van der Waals surface area (Å²) >= 11 is 0. The fourth-order valence-corrected chi connectivity index (χ4v) is 3.71. The number of rotatable bonds is 4. The van der Waals surface area contributed by atoms with E-state index >= 15 is 0 Å². The number of carbonyl (C=O) groups is 1. The molecule has 3 aromatic rings. The van der Waals surface area contributed by atoms with Crippen molar-refractivity contribution in [1.82, 2.24) is 25.1 Å². The molecular formula is C20H20FN5O2. The van der Waals surface area contributed by atoms with E-state index in [4.69, 9.17) is 5.11 Å². The van der Waals surface area contributed by atoms with Gasteiger partial charge in [-0.2, -0.15) is 5.10 Å². The van der Waals surface area contributed by atoms with Gasteiger partial charge in [-0.05, 0) is 31.0 Å². The van der Waals surface area contributed by atoms with Gasteiger partial charge in [0.25, 0.3) is 0 Å². The number of H-pyrrole nitrogens is 1. The normalized spacial score (nSPS) is 15.0. The molecule has 0 atom stereocenters. The zero-order valence-electron chi connectivity index (χ0n) is 15.2. The lowest BCUT2D eigenvalue weighted by atomic mass is 9.89. The van der Waals surface area contributed by atoms with Gasteiger partial charge in [-0.1, -0.05) is 12.1 Å². The molecule has 1 aromatic carbocycles. The van der Waals surface area contributed by atoms with Crippen LogP contribution in [0.2, 0.25) is 0 Å². The van der Waals surface area contributed by atoms with Gasteiger partial charge >= 0.3 is 0 Å². The summed E-state index contributed by atoms with van der Waals surface area (Å²) in [5, 5.41) is 16.7. The molecule has 144 valence electrons. The highest BCUT2D eigenvalue weighted by atomic mass is 19.1. The summed E-state index contributed by atoms with van der Waals surface area (Å²) in [6, 6.07) is 8.13. The number of nitrogens with one attached hydrogen (secondary N) is 1. The summed E-state index contributed by atoms with van der Waals surface area (Å²) in [5.41, 5.74) is 3.78. The minimum absolute atomic E-state index is 0.155. The molecule has 0 spiro atoms. The molecule has 8 heteroatoms. The Kier molecular flexibility index (Phi) is 5.12. The van der Waals surface area contributed by atoms with Crippen LogP contribution in [-0.2, 0) is 4.79 Å². The van der Waals surface area contributed by atoms with E-state index in [1.54, 1.807) is 17.2 Å². The van der Waals surface area contributed by atoms with Crippen molar-refractivity contribution in [2.24, 2.45) is 0 Å². The highest BCUT2D eigenvalue weighted by Crippen LogP contribution is 2.39. The number of hydrogen-bond acceptors (Lipinski definition) is 5. The van der Waals surface area contributed by atoms with E-state index in [1.807, 2.05) is 12.1 Å². The van der Waals surface area contributed by atoms with Crippen molar-refractivity contribution in [1.29, 1.82) is 0 Å². The van der Waals surface area contributed by atoms with Crippen molar-refractivity contribution in [3.8, 4) is 22.5 Å². The molecule has 3 heterocycles. The molecule has 0 aliphatic carbocycles. The number of benzene rings is 1. The third kappa shape index (κ3) is 3.50. The van der Waals surface area contributed by atoms with Crippen LogP contribution in [-0.4, -0.2) is 55.8 Å². The van der Waals surface area contributed by atoms with Gasteiger partial charge in [0.2, 0.25) is 5.91 Å². The van der Waals surface area contributed by atoms with Gasteiger partial charge < -0.3 is 10.0 Å². The number of aliphatic hydroxyl groups excluding tert-OH is 1. The fourth-order valence-electron chi connectivity index (χ4n) is 3.71. The van der Waals surface area contributed by atoms with Gasteiger partial charge in [0.05, 0.1) is 5.69 Å². The first-order valence-corrected chi connectivity index (χ1v) is 9.16. The predicted molar refractivity (Wildman–Crippen MR) is 101 cm³/mol. The third-order valence-corrected chi connectivity index (χ3v) is 5.12. The predicted octanol–water partition coefficient (Wildman–Crippen LogP) is 2.37. The quantitative estimate of drug-likeness (QED) is 0.723. The van der Waals surface area contributed by atoms with Crippen molar-refractivity contribution in [2.75, 3.05) is 19.7 Å². The van der Waals surface area contributed by atoms with Crippen LogP contribution < -0.4 is 0 Å². The lowest BCUT2D eigenvalue weighted by Gasteiger charge is -2.31. The number of carbonyl (C=O) groups excluding carboxylic acids is 1. The van der Waals surface area contributed by atoms with Crippen LogP contribution >= 0.6 is 0 Å². The number of likely N-dealkylation sites (tertiary alicyclic amines) is 1. The summed E-state index contributed by atoms with van der Waals surface area (Å²) in [4.78, 5) is 21.8. The highest BCUT2D eigenvalue weighted by molar-refractivity contribution is 5.81. The Morgan fingerprint density at radius 1 is 1.29 bits per heavy atom. The lowest BCUT2D eigenvalue weighted by Crippen LogP contribution is -2.39. The third-order valence-electron chi connectivity index (χ3n) is 5.12. The second-order valence-corrected chi connectivity index (χ2v) is 6.78. The molecule has 1 amide bonds. The van der Waals surface area contributed by atoms with Gasteiger partial charge in [0.15, 0.2) is 0 Å². The number of aliphatic hydroxyl groups is 1. The average molecular weight is 381 g/mol. The molecule has 4 rings (SSSR count). The van der Waals surface area contributed by atoms with Crippen LogP contribution in [0.3, 0.4) is 0 Å². The molecule has 28 heavy (non-hydrogen) atoms. The second kappa shape index (κ2) is 7.85. The van der Waals surface area contributed by atoms with Gasteiger partial charge in [-0.25, -0.2) is 14.4 Å². The molecule has 1 saturated heterocycles. The Balaban J connectivity index is 1.72. The maximum Gasteiger partial charge on any atom is 0.248 e. The Hall–Kier alpha value is -3.13. The molecule has 2 N–H and O–H groups in total. The number of nitrogens with zero attached hydrogens (tertiary/aromatic N) is 4. The van der Waals surface area contributed by atoms with Crippen LogP contribution in [0.4, 0.5) is 4.39 Å². The number of piperidine rings is 1. The second-order valence-electron chi connectivity index (χ2n) is 6.78. The van der Waals surface area contributed by atoms with Crippen molar-refractivity contribution in [2.45, 2.75) is 18.8 Å². The Morgan fingerprint density at radius 3 is 2.79 bits per heavy atom. The Morgan fingerprint density at radius 2 is 2.11 bits per heavy atom. The van der Waals surface area contributed by atoms with Crippen LogP contribution in [0.5, 0.6) is 0 Å².